The summed E-state index contributed by atoms with van der Waals surface area (Å²) in [5, 5.41) is 3.77. The fourth-order valence-corrected chi connectivity index (χ4v) is 2.25. The lowest BCUT2D eigenvalue weighted by molar-refractivity contribution is 0.0717. The molecule has 94 valence electrons. The lowest BCUT2D eigenvalue weighted by Crippen LogP contribution is -2.38. The van der Waals surface area contributed by atoms with Gasteiger partial charge in [0.15, 0.2) is 11.5 Å². The first-order chi connectivity index (χ1) is 8.20. The quantitative estimate of drug-likeness (QED) is 0.799. The molecule has 5 nitrogen and oxygen atoms in total. The number of ether oxygens (including phenoxy) is 1. The Morgan fingerprint density at radius 2 is 2.35 bits per heavy atom. The first-order valence-electron chi connectivity index (χ1n) is 5.58. The van der Waals surface area contributed by atoms with Crippen LogP contribution in [0.5, 0.6) is 0 Å². The zero-order chi connectivity index (χ0) is 12.3. The van der Waals surface area contributed by atoms with Crippen LogP contribution in [0.1, 0.15) is 29.1 Å². The third-order valence-corrected chi connectivity index (χ3v) is 3.69. The fourth-order valence-electron chi connectivity index (χ4n) is 1.84. The zero-order valence-electron chi connectivity index (χ0n) is 9.69. The maximum atomic E-state index is 12.1. The van der Waals surface area contributed by atoms with Crippen LogP contribution >= 0.6 is 15.9 Å². The number of amides is 1. The Labute approximate surface area is 108 Å². The molecule has 0 atom stereocenters. The van der Waals surface area contributed by atoms with E-state index in [2.05, 4.69) is 21.1 Å². The van der Waals surface area contributed by atoms with Gasteiger partial charge in [0.1, 0.15) is 6.61 Å². The van der Waals surface area contributed by atoms with Gasteiger partial charge in [-0.1, -0.05) is 21.1 Å². The minimum absolute atomic E-state index is 0.0597. The molecule has 6 heteroatoms. The number of nitrogens with zero attached hydrogens (tertiary/aromatic N) is 2. The van der Waals surface area contributed by atoms with Crippen molar-refractivity contribution in [3.8, 4) is 0 Å². The van der Waals surface area contributed by atoms with Crippen LogP contribution in [0.3, 0.4) is 0 Å². The van der Waals surface area contributed by atoms with Crippen LogP contribution in [0.4, 0.5) is 0 Å². The summed E-state index contributed by atoms with van der Waals surface area (Å²) in [5.74, 6) is 0.515. The van der Waals surface area contributed by atoms with E-state index in [4.69, 9.17) is 9.26 Å². The van der Waals surface area contributed by atoms with E-state index in [0.29, 0.717) is 22.9 Å². The molecule has 17 heavy (non-hydrogen) atoms. The maximum absolute atomic E-state index is 12.1. The minimum atomic E-state index is -0.0597. The third kappa shape index (κ3) is 3.07. The number of aromatic nitrogens is 1. The SMILES string of the molecule is COCc1cc(C(=O)N2CCC(Br)CC2)no1. The summed E-state index contributed by atoms with van der Waals surface area (Å²) in [7, 11) is 1.57. The van der Waals surface area contributed by atoms with Crippen molar-refractivity contribution in [1.29, 1.82) is 0 Å². The van der Waals surface area contributed by atoms with Gasteiger partial charge >= 0.3 is 0 Å². The van der Waals surface area contributed by atoms with Crippen molar-refractivity contribution in [3.63, 3.8) is 0 Å². The molecule has 0 saturated carbocycles. The second-order valence-electron chi connectivity index (χ2n) is 4.08. The molecule has 1 aliphatic rings. The van der Waals surface area contributed by atoms with Crippen molar-refractivity contribution >= 4 is 21.8 Å². The van der Waals surface area contributed by atoms with Gasteiger partial charge in [-0.3, -0.25) is 4.79 Å². The lowest BCUT2D eigenvalue weighted by Gasteiger charge is -2.28. The molecular formula is C11H15BrN2O3. The van der Waals surface area contributed by atoms with E-state index in [1.54, 1.807) is 13.2 Å². The van der Waals surface area contributed by atoms with Crippen molar-refractivity contribution in [2.45, 2.75) is 24.3 Å². The van der Waals surface area contributed by atoms with Crippen LogP contribution in [0.25, 0.3) is 0 Å². The molecule has 0 N–H and O–H groups in total. The maximum Gasteiger partial charge on any atom is 0.276 e. The van der Waals surface area contributed by atoms with E-state index in [9.17, 15) is 4.79 Å². The first kappa shape index (κ1) is 12.6. The molecule has 1 amide bonds. The molecule has 1 aromatic rings. The molecule has 0 unspecified atom stereocenters. The summed E-state index contributed by atoms with van der Waals surface area (Å²) < 4.78 is 9.92. The summed E-state index contributed by atoms with van der Waals surface area (Å²) in [6.45, 7) is 1.87. The number of methoxy groups -OCH3 is 1. The summed E-state index contributed by atoms with van der Waals surface area (Å²) in [4.78, 5) is 14.4. The van der Waals surface area contributed by atoms with Gasteiger partial charge in [-0.05, 0) is 12.8 Å². The van der Waals surface area contributed by atoms with Gasteiger partial charge in [-0.15, -0.1) is 0 Å². The molecule has 1 aliphatic heterocycles. The molecule has 0 radical (unpaired) electrons. The number of likely N-dealkylation sites (tertiary alicyclic amines) is 1. The van der Waals surface area contributed by atoms with Gasteiger partial charge in [0.2, 0.25) is 0 Å². The van der Waals surface area contributed by atoms with Gasteiger partial charge < -0.3 is 14.2 Å². The Morgan fingerprint density at radius 1 is 1.65 bits per heavy atom. The van der Waals surface area contributed by atoms with E-state index >= 15 is 0 Å². The summed E-state index contributed by atoms with van der Waals surface area (Å²) >= 11 is 3.56. The Morgan fingerprint density at radius 3 is 3.00 bits per heavy atom. The van der Waals surface area contributed by atoms with Crippen molar-refractivity contribution < 1.29 is 14.1 Å². The van der Waals surface area contributed by atoms with Gasteiger partial charge in [0.05, 0.1) is 0 Å². The number of hydrogen-bond donors (Lipinski definition) is 0. The number of alkyl halides is 1. The highest BCUT2D eigenvalue weighted by molar-refractivity contribution is 9.09. The molecule has 1 saturated heterocycles. The van der Waals surface area contributed by atoms with Crippen LogP contribution < -0.4 is 0 Å². The van der Waals surface area contributed by atoms with Crippen LogP contribution in [0.2, 0.25) is 0 Å². The third-order valence-electron chi connectivity index (χ3n) is 2.78. The van der Waals surface area contributed by atoms with Crippen molar-refractivity contribution in [3.05, 3.63) is 17.5 Å². The number of piperidine rings is 1. The molecule has 2 rings (SSSR count). The predicted molar refractivity (Wildman–Crippen MR) is 65.1 cm³/mol. The van der Waals surface area contributed by atoms with Crippen LogP contribution in [0.15, 0.2) is 10.6 Å². The van der Waals surface area contributed by atoms with Crippen LogP contribution in [-0.2, 0) is 11.3 Å². The predicted octanol–water partition coefficient (Wildman–Crippen LogP) is 1.82. The molecule has 0 aliphatic carbocycles. The first-order valence-corrected chi connectivity index (χ1v) is 6.50. The monoisotopic (exact) mass is 302 g/mol. The van der Waals surface area contributed by atoms with E-state index in [0.717, 1.165) is 25.9 Å². The smallest absolute Gasteiger partial charge is 0.276 e. The Balaban J connectivity index is 1.98. The highest BCUT2D eigenvalue weighted by Crippen LogP contribution is 2.19. The fraction of sp³-hybridized carbons (Fsp3) is 0.636. The Bertz CT molecular complexity index is 386. The lowest BCUT2D eigenvalue weighted by atomic mass is 10.1. The number of carbonyl (C=O) groups excluding carboxylic acids is 1. The zero-order valence-corrected chi connectivity index (χ0v) is 11.3. The molecule has 2 heterocycles. The molecule has 0 aromatic carbocycles. The highest BCUT2D eigenvalue weighted by Gasteiger charge is 2.24. The minimum Gasteiger partial charge on any atom is -0.377 e. The average molecular weight is 303 g/mol. The topological polar surface area (TPSA) is 55.6 Å². The summed E-state index contributed by atoms with van der Waals surface area (Å²) in [6.07, 6.45) is 1.96. The second kappa shape index (κ2) is 5.64. The van der Waals surface area contributed by atoms with Crippen molar-refractivity contribution in [2.24, 2.45) is 0 Å². The molecular weight excluding hydrogens is 288 g/mol. The number of halogens is 1. The van der Waals surface area contributed by atoms with E-state index in [1.165, 1.54) is 0 Å². The largest absolute Gasteiger partial charge is 0.377 e. The number of rotatable bonds is 3. The number of hydrogen-bond acceptors (Lipinski definition) is 4. The molecule has 0 bridgehead atoms. The normalized spacial score (nSPS) is 17.4. The van der Waals surface area contributed by atoms with E-state index in [-0.39, 0.29) is 5.91 Å². The summed E-state index contributed by atoms with van der Waals surface area (Å²) in [5.41, 5.74) is 0.366. The number of carbonyl (C=O) groups is 1. The standard InChI is InChI=1S/C11H15BrN2O3/c1-16-7-9-6-10(13-17-9)11(15)14-4-2-8(12)3-5-14/h6,8H,2-5,7H2,1H3. The van der Waals surface area contributed by atoms with Crippen LogP contribution in [0, 0.1) is 0 Å². The van der Waals surface area contributed by atoms with Gasteiger partial charge in [-0.25, -0.2) is 0 Å². The van der Waals surface area contributed by atoms with Crippen molar-refractivity contribution in [1.82, 2.24) is 10.1 Å². The highest BCUT2D eigenvalue weighted by atomic mass is 79.9. The van der Waals surface area contributed by atoms with E-state index in [1.807, 2.05) is 4.90 Å². The molecule has 1 aromatic heterocycles. The Hall–Kier alpha value is -0.880. The van der Waals surface area contributed by atoms with Crippen molar-refractivity contribution in [2.75, 3.05) is 20.2 Å². The van der Waals surface area contributed by atoms with E-state index < -0.39 is 0 Å². The average Bonchev–Trinajstić information content (AvgIpc) is 2.78. The molecule has 1 fully saturated rings. The van der Waals surface area contributed by atoms with Gasteiger partial charge in [0.25, 0.3) is 5.91 Å². The second-order valence-corrected chi connectivity index (χ2v) is 5.37. The summed E-state index contributed by atoms with van der Waals surface area (Å²) in [6, 6.07) is 1.64. The van der Waals surface area contributed by atoms with Crippen LogP contribution in [-0.4, -0.2) is 41.0 Å². The van der Waals surface area contributed by atoms with Gasteiger partial charge in [0, 0.05) is 31.1 Å². The van der Waals surface area contributed by atoms with Gasteiger partial charge in [-0.2, -0.15) is 0 Å². The molecule has 0 spiro atoms. The Kier molecular flexibility index (Phi) is 4.17.